The van der Waals surface area contributed by atoms with Crippen LogP contribution in [-0.4, -0.2) is 27.5 Å². The molecule has 0 fully saturated rings. The largest absolute Gasteiger partial charge is 0.382 e. The van der Waals surface area contributed by atoms with E-state index in [1.54, 1.807) is 41.3 Å². The molecule has 0 radical (unpaired) electrons. The number of nitrogens with zero attached hydrogens (tertiary/aromatic N) is 3. The van der Waals surface area contributed by atoms with Gasteiger partial charge in [-0.15, -0.1) is 0 Å². The van der Waals surface area contributed by atoms with E-state index in [4.69, 9.17) is 28.0 Å². The number of amides is 1. The van der Waals surface area contributed by atoms with Gasteiger partial charge >= 0.3 is 0 Å². The summed E-state index contributed by atoms with van der Waals surface area (Å²) in [5.41, 5.74) is 2.69. The molecule has 6 nitrogen and oxygen atoms in total. The quantitative estimate of drug-likeness (QED) is 0.644. The van der Waals surface area contributed by atoms with E-state index in [1.165, 1.54) is 12.1 Å². The molecule has 29 heavy (non-hydrogen) atoms. The third kappa shape index (κ3) is 4.58. The summed E-state index contributed by atoms with van der Waals surface area (Å²) in [6.07, 6.45) is 2.77. The number of anilines is 1. The van der Waals surface area contributed by atoms with Gasteiger partial charge in [0.05, 0.1) is 24.1 Å². The summed E-state index contributed by atoms with van der Waals surface area (Å²) in [5.74, 6) is -0.672. The van der Waals surface area contributed by atoms with Gasteiger partial charge in [0.15, 0.2) is 0 Å². The first-order valence-corrected chi connectivity index (χ1v) is 9.49. The molecule has 0 saturated heterocycles. The molecule has 1 aromatic heterocycles. The van der Waals surface area contributed by atoms with Gasteiger partial charge in [-0.3, -0.25) is 9.48 Å². The van der Waals surface area contributed by atoms with Crippen molar-refractivity contribution in [1.82, 2.24) is 9.78 Å². The Morgan fingerprint density at radius 1 is 1.24 bits per heavy atom. The van der Waals surface area contributed by atoms with Crippen molar-refractivity contribution in [2.45, 2.75) is 19.1 Å². The summed E-state index contributed by atoms with van der Waals surface area (Å²) >= 11 is 12.1. The Balaban J connectivity index is 1.35. The number of hydrogen-bond donors (Lipinski definition) is 1. The number of carbonyl (C=O) groups excluding carboxylic acids is 1. The van der Waals surface area contributed by atoms with Crippen LogP contribution in [0.3, 0.4) is 0 Å². The third-order valence-electron chi connectivity index (χ3n) is 4.39. The van der Waals surface area contributed by atoms with Crippen LogP contribution in [0.15, 0.2) is 60.0 Å². The van der Waals surface area contributed by atoms with Crippen LogP contribution in [-0.2, 0) is 16.2 Å². The molecule has 2 aromatic carbocycles. The lowest BCUT2D eigenvalue weighted by Crippen LogP contribution is -2.27. The number of halogens is 3. The van der Waals surface area contributed by atoms with Crippen LogP contribution < -0.4 is 5.32 Å². The van der Waals surface area contributed by atoms with Crippen LogP contribution in [0, 0.1) is 5.82 Å². The van der Waals surface area contributed by atoms with Gasteiger partial charge in [0, 0.05) is 22.7 Å². The van der Waals surface area contributed by atoms with Crippen molar-refractivity contribution in [1.29, 1.82) is 0 Å². The predicted octanol–water partition coefficient (Wildman–Crippen LogP) is 4.51. The minimum Gasteiger partial charge on any atom is -0.382 e. The molecule has 148 valence electrons. The van der Waals surface area contributed by atoms with Crippen LogP contribution in [0.2, 0.25) is 10.0 Å². The molecule has 0 aliphatic carbocycles. The molecule has 1 N–H and O–H groups in total. The highest BCUT2D eigenvalue weighted by Crippen LogP contribution is 2.22. The third-order valence-corrected chi connectivity index (χ3v) is 4.97. The molecule has 1 atom stereocenters. The van der Waals surface area contributed by atoms with Crippen LogP contribution in [0.4, 0.5) is 10.1 Å². The van der Waals surface area contributed by atoms with Crippen molar-refractivity contribution >= 4 is 40.5 Å². The lowest BCUT2D eigenvalue weighted by Gasteiger charge is -2.08. The Hall–Kier alpha value is -2.90. The van der Waals surface area contributed by atoms with E-state index in [-0.39, 0.29) is 11.7 Å². The Bertz CT molecular complexity index is 1080. The van der Waals surface area contributed by atoms with Crippen molar-refractivity contribution in [2.24, 2.45) is 5.16 Å². The van der Waals surface area contributed by atoms with E-state index in [1.807, 2.05) is 6.07 Å². The van der Waals surface area contributed by atoms with Gasteiger partial charge in [-0.05, 0) is 35.4 Å². The first-order chi connectivity index (χ1) is 14.0. The summed E-state index contributed by atoms with van der Waals surface area (Å²) in [6, 6.07) is 11.1. The summed E-state index contributed by atoms with van der Waals surface area (Å²) in [6.45, 7) is 0.434. The second-order valence-corrected chi connectivity index (χ2v) is 7.34. The zero-order chi connectivity index (χ0) is 20.4. The highest BCUT2D eigenvalue weighted by atomic mass is 35.5. The van der Waals surface area contributed by atoms with Crippen LogP contribution in [0.5, 0.6) is 0 Å². The van der Waals surface area contributed by atoms with E-state index in [0.29, 0.717) is 34.4 Å². The van der Waals surface area contributed by atoms with Gasteiger partial charge in [0.25, 0.3) is 5.91 Å². The topological polar surface area (TPSA) is 68.5 Å². The van der Waals surface area contributed by atoms with Crippen molar-refractivity contribution < 1.29 is 14.0 Å². The molecule has 1 aliphatic heterocycles. The summed E-state index contributed by atoms with van der Waals surface area (Å²) < 4.78 is 14.7. The number of oxime groups is 1. The maximum atomic E-state index is 13.0. The molecule has 1 amide bonds. The second kappa shape index (κ2) is 8.23. The van der Waals surface area contributed by atoms with Crippen molar-refractivity contribution in [2.75, 3.05) is 5.32 Å². The first kappa shape index (κ1) is 19.4. The van der Waals surface area contributed by atoms with E-state index >= 15 is 0 Å². The lowest BCUT2D eigenvalue weighted by atomic mass is 10.0. The molecule has 1 unspecified atom stereocenters. The number of carbonyl (C=O) groups is 1. The maximum Gasteiger partial charge on any atom is 0.268 e. The highest BCUT2D eigenvalue weighted by Gasteiger charge is 2.29. The Kier molecular flexibility index (Phi) is 5.51. The molecule has 4 rings (SSSR count). The lowest BCUT2D eigenvalue weighted by molar-refractivity contribution is -0.125. The number of nitrogens with one attached hydrogen (secondary N) is 1. The maximum absolute atomic E-state index is 13.0. The average Bonchev–Trinajstić information content (AvgIpc) is 3.34. The zero-order valence-electron chi connectivity index (χ0n) is 15.0. The van der Waals surface area contributed by atoms with Gasteiger partial charge in [-0.1, -0.05) is 46.6 Å². The molecule has 0 bridgehead atoms. The minimum absolute atomic E-state index is 0.298. The monoisotopic (exact) mass is 432 g/mol. The Labute approximate surface area is 175 Å². The fourth-order valence-electron chi connectivity index (χ4n) is 2.89. The number of benzene rings is 2. The first-order valence-electron chi connectivity index (χ1n) is 8.74. The number of aromatic nitrogens is 2. The fraction of sp³-hybridized carbons (Fsp3) is 0.150. The molecular weight excluding hydrogens is 418 g/mol. The molecular formula is C20H15Cl2FN4O2. The van der Waals surface area contributed by atoms with Crippen LogP contribution in [0.1, 0.15) is 17.5 Å². The SMILES string of the molecule is O=C(Nc1cnn(Cc2ccc(Cl)cc2Cl)c1)C1CC(c2ccc(F)cc2)=NO1. The molecule has 3 aromatic rings. The smallest absolute Gasteiger partial charge is 0.268 e. The van der Waals surface area contributed by atoms with Gasteiger partial charge in [0.1, 0.15) is 5.82 Å². The standard InChI is InChI=1S/C20H15Cl2FN4O2/c21-14-4-1-13(17(22)7-14)10-27-11-16(9-24-27)25-20(28)19-8-18(26-29-19)12-2-5-15(23)6-3-12/h1-7,9,11,19H,8,10H2,(H,25,28). The molecule has 2 heterocycles. The Morgan fingerprint density at radius 2 is 2.03 bits per heavy atom. The van der Waals surface area contributed by atoms with Crippen LogP contribution in [0.25, 0.3) is 0 Å². The molecule has 0 spiro atoms. The summed E-state index contributed by atoms with van der Waals surface area (Å²) in [5, 5.41) is 12.0. The number of hydrogen-bond acceptors (Lipinski definition) is 4. The van der Waals surface area contributed by atoms with Crippen molar-refractivity contribution in [3.05, 3.63) is 81.8 Å². The average molecular weight is 433 g/mol. The van der Waals surface area contributed by atoms with E-state index in [2.05, 4.69) is 15.6 Å². The predicted molar refractivity (Wildman–Crippen MR) is 109 cm³/mol. The van der Waals surface area contributed by atoms with E-state index < -0.39 is 6.10 Å². The van der Waals surface area contributed by atoms with Gasteiger partial charge in [-0.2, -0.15) is 5.10 Å². The number of rotatable bonds is 5. The summed E-state index contributed by atoms with van der Waals surface area (Å²) in [4.78, 5) is 17.7. The molecule has 9 heteroatoms. The van der Waals surface area contributed by atoms with Crippen molar-refractivity contribution in [3.63, 3.8) is 0 Å². The van der Waals surface area contributed by atoms with Gasteiger partial charge in [-0.25, -0.2) is 4.39 Å². The highest BCUT2D eigenvalue weighted by molar-refractivity contribution is 6.35. The normalized spacial score (nSPS) is 15.7. The fourth-order valence-corrected chi connectivity index (χ4v) is 3.36. The van der Waals surface area contributed by atoms with Gasteiger partial charge < -0.3 is 10.2 Å². The molecule has 1 aliphatic rings. The van der Waals surface area contributed by atoms with E-state index in [0.717, 1.165) is 11.1 Å². The van der Waals surface area contributed by atoms with E-state index in [9.17, 15) is 9.18 Å². The van der Waals surface area contributed by atoms with Crippen molar-refractivity contribution in [3.8, 4) is 0 Å². The zero-order valence-corrected chi connectivity index (χ0v) is 16.5. The second-order valence-electron chi connectivity index (χ2n) is 6.49. The minimum atomic E-state index is -0.760. The van der Waals surface area contributed by atoms with Gasteiger partial charge in [0.2, 0.25) is 6.10 Å². The Morgan fingerprint density at radius 3 is 2.79 bits per heavy atom. The van der Waals surface area contributed by atoms with Crippen LogP contribution >= 0.6 is 23.2 Å². The molecule has 0 saturated carbocycles. The summed E-state index contributed by atoms with van der Waals surface area (Å²) in [7, 11) is 0.